The second kappa shape index (κ2) is 6.24. The lowest BCUT2D eigenvalue weighted by atomic mass is 9.90. The first-order chi connectivity index (χ1) is 14.3. The van der Waals surface area contributed by atoms with E-state index in [-0.39, 0.29) is 23.8 Å². The molecule has 0 aliphatic carbocycles. The van der Waals surface area contributed by atoms with Crippen LogP contribution in [0.5, 0.6) is 0 Å². The zero-order chi connectivity index (χ0) is 19.5. The van der Waals surface area contributed by atoms with Gasteiger partial charge in [0.2, 0.25) is 5.91 Å². The molecule has 144 valence electrons. The van der Waals surface area contributed by atoms with E-state index in [4.69, 9.17) is 0 Å². The van der Waals surface area contributed by atoms with Crippen LogP contribution >= 0.6 is 0 Å². The van der Waals surface area contributed by atoms with Gasteiger partial charge in [0.15, 0.2) is 0 Å². The van der Waals surface area contributed by atoms with Crippen molar-refractivity contribution in [1.82, 2.24) is 10.0 Å². The minimum Gasteiger partial charge on any atom is -0.274 e. The number of rotatable bonds is 2. The standard InChI is InChI=1S/C24H21N3O2/c28-23-20-21(17-9-2-1-3-10-17)25-14-7-15-26(25)22(20)24(29)27(23)19-13-6-11-16-8-4-5-12-18(16)19/h1-6,8-13,20-22H,7,14-15H2/t20-,21-,22-/m1/s1. The third-order valence-electron chi connectivity index (χ3n) is 6.55. The number of anilines is 1. The van der Waals surface area contributed by atoms with Gasteiger partial charge in [0.25, 0.3) is 5.91 Å². The van der Waals surface area contributed by atoms with Gasteiger partial charge >= 0.3 is 0 Å². The van der Waals surface area contributed by atoms with Gasteiger partial charge in [-0.15, -0.1) is 0 Å². The molecule has 0 N–H and O–H groups in total. The monoisotopic (exact) mass is 383 g/mol. The zero-order valence-corrected chi connectivity index (χ0v) is 15.9. The predicted molar refractivity (Wildman–Crippen MR) is 111 cm³/mol. The summed E-state index contributed by atoms with van der Waals surface area (Å²) in [5.41, 5.74) is 1.80. The van der Waals surface area contributed by atoms with Crippen LogP contribution in [0.25, 0.3) is 10.8 Å². The average Bonchev–Trinajstić information content (AvgIpc) is 3.40. The molecular formula is C24H21N3O2. The highest BCUT2D eigenvalue weighted by Gasteiger charge is 2.62. The predicted octanol–water partition coefficient (Wildman–Crippen LogP) is 3.38. The van der Waals surface area contributed by atoms with Crippen molar-refractivity contribution in [2.75, 3.05) is 18.0 Å². The average molecular weight is 383 g/mol. The number of amides is 2. The Bertz CT molecular complexity index is 1120. The molecule has 2 amide bonds. The van der Waals surface area contributed by atoms with Crippen LogP contribution in [-0.4, -0.2) is 41.0 Å². The van der Waals surface area contributed by atoms with Crippen LogP contribution in [0.2, 0.25) is 0 Å². The van der Waals surface area contributed by atoms with Crippen molar-refractivity contribution in [2.24, 2.45) is 5.92 Å². The van der Waals surface area contributed by atoms with Crippen molar-refractivity contribution in [3.63, 3.8) is 0 Å². The Hall–Kier alpha value is -3.02. The summed E-state index contributed by atoms with van der Waals surface area (Å²) in [6.07, 6.45) is 1.02. The molecule has 3 aromatic carbocycles. The lowest BCUT2D eigenvalue weighted by molar-refractivity contribution is -0.126. The van der Waals surface area contributed by atoms with Gasteiger partial charge in [-0.3, -0.25) is 9.59 Å². The number of nitrogens with zero attached hydrogens (tertiary/aromatic N) is 3. The van der Waals surface area contributed by atoms with E-state index >= 15 is 0 Å². The molecule has 0 radical (unpaired) electrons. The quantitative estimate of drug-likeness (QED) is 0.637. The summed E-state index contributed by atoms with van der Waals surface area (Å²) in [6.45, 7) is 1.72. The molecule has 29 heavy (non-hydrogen) atoms. The Kier molecular flexibility index (Phi) is 3.63. The van der Waals surface area contributed by atoms with Gasteiger partial charge in [0.1, 0.15) is 6.04 Å². The van der Waals surface area contributed by atoms with Crippen molar-refractivity contribution < 1.29 is 9.59 Å². The first-order valence-corrected chi connectivity index (χ1v) is 10.2. The number of hydrogen-bond acceptors (Lipinski definition) is 4. The van der Waals surface area contributed by atoms with Crippen molar-refractivity contribution >= 4 is 28.3 Å². The number of benzene rings is 3. The normalized spacial score (nSPS) is 27.0. The fourth-order valence-corrected chi connectivity index (χ4v) is 5.40. The fraction of sp³-hybridized carbons (Fsp3) is 0.250. The third-order valence-corrected chi connectivity index (χ3v) is 6.55. The van der Waals surface area contributed by atoms with Gasteiger partial charge in [0.05, 0.1) is 17.6 Å². The maximum absolute atomic E-state index is 13.7. The molecule has 3 aliphatic heterocycles. The van der Waals surface area contributed by atoms with Gasteiger partial charge in [-0.05, 0) is 23.4 Å². The van der Waals surface area contributed by atoms with Crippen LogP contribution in [0.1, 0.15) is 18.0 Å². The van der Waals surface area contributed by atoms with E-state index in [1.54, 1.807) is 0 Å². The summed E-state index contributed by atoms with van der Waals surface area (Å²) < 4.78 is 0. The van der Waals surface area contributed by atoms with Gasteiger partial charge in [-0.2, -0.15) is 0 Å². The van der Waals surface area contributed by atoms with Crippen molar-refractivity contribution in [2.45, 2.75) is 18.5 Å². The highest BCUT2D eigenvalue weighted by atomic mass is 16.2. The molecule has 0 spiro atoms. The zero-order valence-electron chi connectivity index (χ0n) is 15.9. The first-order valence-electron chi connectivity index (χ1n) is 10.2. The summed E-state index contributed by atoms with van der Waals surface area (Å²) >= 11 is 0. The molecule has 0 unspecified atom stereocenters. The largest absolute Gasteiger partial charge is 0.274 e. The van der Waals surface area contributed by atoms with E-state index in [0.29, 0.717) is 5.69 Å². The number of imide groups is 1. The van der Waals surface area contributed by atoms with Crippen molar-refractivity contribution in [3.05, 3.63) is 78.4 Å². The van der Waals surface area contributed by atoms with Crippen molar-refractivity contribution in [3.8, 4) is 0 Å². The summed E-state index contributed by atoms with van der Waals surface area (Å²) in [5.74, 6) is -0.551. The molecular weight excluding hydrogens is 362 g/mol. The summed E-state index contributed by atoms with van der Waals surface area (Å²) in [6, 6.07) is 23.4. The fourth-order valence-electron chi connectivity index (χ4n) is 5.40. The van der Waals surface area contributed by atoms with Gasteiger partial charge in [0, 0.05) is 18.5 Å². The highest BCUT2D eigenvalue weighted by Crippen LogP contribution is 2.49. The molecule has 0 bridgehead atoms. The molecule has 3 saturated heterocycles. The number of carbonyl (C=O) groups is 2. The summed E-state index contributed by atoms with van der Waals surface area (Å²) in [7, 11) is 0. The Morgan fingerprint density at radius 2 is 1.38 bits per heavy atom. The minimum atomic E-state index is -0.408. The van der Waals surface area contributed by atoms with Crippen LogP contribution in [0.15, 0.2) is 72.8 Å². The highest BCUT2D eigenvalue weighted by molar-refractivity contribution is 6.26. The Labute approximate surface area is 169 Å². The van der Waals surface area contributed by atoms with Crippen molar-refractivity contribution in [1.29, 1.82) is 0 Å². The molecule has 6 rings (SSSR count). The number of carbonyl (C=O) groups excluding carboxylic acids is 2. The molecule has 3 aromatic rings. The Balaban J connectivity index is 1.49. The molecule has 3 atom stereocenters. The van der Waals surface area contributed by atoms with E-state index < -0.39 is 6.04 Å². The van der Waals surface area contributed by atoms with Crippen LogP contribution in [-0.2, 0) is 9.59 Å². The minimum absolute atomic E-state index is 0.0832. The van der Waals surface area contributed by atoms with Crippen LogP contribution in [0.4, 0.5) is 5.69 Å². The van der Waals surface area contributed by atoms with Gasteiger partial charge < -0.3 is 0 Å². The lowest BCUT2D eigenvalue weighted by Gasteiger charge is -2.30. The maximum Gasteiger partial charge on any atom is 0.253 e. The molecule has 3 heterocycles. The van der Waals surface area contributed by atoms with Crippen LogP contribution < -0.4 is 4.90 Å². The van der Waals surface area contributed by atoms with Gasteiger partial charge in [-0.25, -0.2) is 14.9 Å². The number of hydrogen-bond donors (Lipinski definition) is 0. The van der Waals surface area contributed by atoms with E-state index in [9.17, 15) is 9.59 Å². The molecule has 0 saturated carbocycles. The second-order valence-corrected chi connectivity index (χ2v) is 8.02. The third kappa shape index (κ3) is 2.29. The topological polar surface area (TPSA) is 43.9 Å². The van der Waals surface area contributed by atoms with E-state index in [0.717, 1.165) is 35.8 Å². The molecule has 5 heteroatoms. The van der Waals surface area contributed by atoms with E-state index in [1.165, 1.54) is 4.90 Å². The van der Waals surface area contributed by atoms with Crippen LogP contribution in [0.3, 0.4) is 0 Å². The lowest BCUT2D eigenvalue weighted by Crippen LogP contribution is -2.44. The molecule has 5 nitrogen and oxygen atoms in total. The number of fused-ring (bicyclic) bond motifs is 4. The summed E-state index contributed by atoms with van der Waals surface area (Å²) in [5, 5.41) is 6.37. The Morgan fingerprint density at radius 3 is 2.21 bits per heavy atom. The van der Waals surface area contributed by atoms with Gasteiger partial charge in [-0.1, -0.05) is 66.7 Å². The number of hydrazine groups is 1. The van der Waals surface area contributed by atoms with E-state index in [2.05, 4.69) is 22.2 Å². The van der Waals surface area contributed by atoms with E-state index in [1.807, 2.05) is 60.7 Å². The smallest absolute Gasteiger partial charge is 0.253 e. The Morgan fingerprint density at radius 1 is 0.690 bits per heavy atom. The first kappa shape index (κ1) is 16.9. The summed E-state index contributed by atoms with van der Waals surface area (Å²) in [4.78, 5) is 28.8. The molecule has 0 aromatic heterocycles. The second-order valence-electron chi connectivity index (χ2n) is 8.02. The molecule has 3 fully saturated rings. The maximum atomic E-state index is 13.7. The van der Waals surface area contributed by atoms with Crippen LogP contribution in [0, 0.1) is 5.92 Å². The SMILES string of the molecule is O=C1[C@@H]2[C@@H](c3ccccc3)N3CCCN3[C@H]2C(=O)N1c1cccc2ccccc12. The molecule has 3 aliphatic rings.